The first-order valence-electron chi connectivity index (χ1n) is 5.77. The van der Waals surface area contributed by atoms with Gasteiger partial charge < -0.3 is 10.6 Å². The van der Waals surface area contributed by atoms with Crippen LogP contribution < -0.4 is 10.6 Å². The maximum atomic E-state index is 4.29. The Hall–Kier alpha value is -0.840. The van der Waals surface area contributed by atoms with Gasteiger partial charge in [0.25, 0.3) is 0 Å². The van der Waals surface area contributed by atoms with Crippen LogP contribution >= 0.6 is 15.9 Å². The van der Waals surface area contributed by atoms with Crippen molar-refractivity contribution in [2.24, 2.45) is 10.8 Å². The van der Waals surface area contributed by atoms with Gasteiger partial charge in [-0.1, -0.05) is 27.7 Å². The summed E-state index contributed by atoms with van der Waals surface area (Å²) in [6.07, 6.45) is 1.57. The first-order valence-corrected chi connectivity index (χ1v) is 6.56. The molecule has 4 nitrogen and oxygen atoms in total. The van der Waals surface area contributed by atoms with Crippen LogP contribution in [0.1, 0.15) is 27.7 Å². The molecule has 0 bridgehead atoms. The predicted molar refractivity (Wildman–Crippen MR) is 74.3 cm³/mol. The molecule has 5 heteroatoms. The molecule has 0 radical (unpaired) electrons. The Labute approximate surface area is 111 Å². The molecular weight excluding hydrogens is 280 g/mol. The van der Waals surface area contributed by atoms with Gasteiger partial charge in [0, 0.05) is 13.1 Å². The highest BCUT2D eigenvalue weighted by molar-refractivity contribution is 9.10. The highest BCUT2D eigenvalue weighted by Crippen LogP contribution is 2.63. The number of hydrogen-bond donors (Lipinski definition) is 2. The molecule has 1 aliphatic rings. The van der Waals surface area contributed by atoms with Crippen molar-refractivity contribution in [1.29, 1.82) is 0 Å². The van der Waals surface area contributed by atoms with Gasteiger partial charge in [-0.05, 0) is 26.8 Å². The van der Waals surface area contributed by atoms with Crippen molar-refractivity contribution in [3.05, 3.63) is 10.8 Å². The molecule has 0 atom stereocenters. The molecule has 0 aromatic carbocycles. The van der Waals surface area contributed by atoms with E-state index in [2.05, 4.69) is 64.2 Å². The Morgan fingerprint density at radius 1 is 1.12 bits per heavy atom. The summed E-state index contributed by atoms with van der Waals surface area (Å²) in [5, 5.41) is 6.53. The van der Waals surface area contributed by atoms with Crippen molar-refractivity contribution < 1.29 is 0 Å². The summed E-state index contributed by atoms with van der Waals surface area (Å²) < 4.78 is 0.890. The minimum absolute atomic E-state index is 0.289. The van der Waals surface area contributed by atoms with Gasteiger partial charge in [-0.2, -0.15) is 0 Å². The number of anilines is 2. The topological polar surface area (TPSA) is 49.8 Å². The molecule has 0 saturated heterocycles. The van der Waals surface area contributed by atoms with Crippen LogP contribution in [0.5, 0.6) is 0 Å². The average molecular weight is 299 g/mol. The average Bonchev–Trinajstić information content (AvgIpc) is 2.63. The molecule has 1 fully saturated rings. The number of halogens is 1. The van der Waals surface area contributed by atoms with Crippen molar-refractivity contribution in [2.75, 3.05) is 17.7 Å². The Kier molecular flexibility index (Phi) is 2.84. The molecule has 2 N–H and O–H groups in total. The SMILES string of the molecule is CNc1ncnc(NC2C(C)(C)C2(C)C)c1Br. The molecule has 0 spiro atoms. The highest BCUT2D eigenvalue weighted by atomic mass is 79.9. The van der Waals surface area contributed by atoms with Crippen molar-refractivity contribution in [2.45, 2.75) is 33.7 Å². The van der Waals surface area contributed by atoms with Gasteiger partial charge in [0.05, 0.1) is 0 Å². The van der Waals surface area contributed by atoms with Crippen molar-refractivity contribution in [1.82, 2.24) is 9.97 Å². The summed E-state index contributed by atoms with van der Waals surface area (Å²) in [6, 6.07) is 0.436. The lowest BCUT2D eigenvalue weighted by molar-refractivity contribution is 0.457. The van der Waals surface area contributed by atoms with E-state index < -0.39 is 0 Å². The van der Waals surface area contributed by atoms with Crippen LogP contribution in [0.25, 0.3) is 0 Å². The standard InChI is InChI=1S/C12H19BrN4/c1-11(2)10(12(11,3)4)17-9-7(13)8(14-5)15-6-16-9/h6,10H,1-5H3,(H2,14,15,16,17). The molecular formula is C12H19BrN4. The van der Waals surface area contributed by atoms with Crippen LogP contribution in [-0.2, 0) is 0 Å². The minimum atomic E-state index is 0.289. The van der Waals surface area contributed by atoms with Crippen molar-refractivity contribution in [3.8, 4) is 0 Å². The molecule has 2 rings (SSSR count). The number of hydrogen-bond acceptors (Lipinski definition) is 4. The third-order valence-corrected chi connectivity index (χ3v) is 5.08. The quantitative estimate of drug-likeness (QED) is 0.900. The van der Waals surface area contributed by atoms with Gasteiger partial charge >= 0.3 is 0 Å². The maximum absolute atomic E-state index is 4.29. The molecule has 0 unspecified atom stereocenters. The van der Waals surface area contributed by atoms with E-state index >= 15 is 0 Å². The van der Waals surface area contributed by atoms with E-state index in [9.17, 15) is 0 Å². The maximum Gasteiger partial charge on any atom is 0.146 e. The van der Waals surface area contributed by atoms with Crippen LogP contribution in [0.15, 0.2) is 10.8 Å². The number of rotatable bonds is 3. The summed E-state index contributed by atoms with van der Waals surface area (Å²) in [5.41, 5.74) is 0.578. The fraction of sp³-hybridized carbons (Fsp3) is 0.667. The predicted octanol–water partition coefficient (Wildman–Crippen LogP) is 3.13. The van der Waals surface area contributed by atoms with E-state index in [0.29, 0.717) is 6.04 Å². The highest BCUT2D eigenvalue weighted by Gasteiger charge is 2.65. The van der Waals surface area contributed by atoms with Crippen LogP contribution in [0.4, 0.5) is 11.6 Å². The van der Waals surface area contributed by atoms with Gasteiger partial charge in [0.2, 0.25) is 0 Å². The van der Waals surface area contributed by atoms with E-state index in [1.807, 2.05) is 7.05 Å². The molecule has 1 saturated carbocycles. The summed E-state index contributed by atoms with van der Waals surface area (Å²) in [6.45, 7) is 9.11. The van der Waals surface area contributed by atoms with Crippen LogP contribution in [0.3, 0.4) is 0 Å². The number of nitrogens with zero attached hydrogens (tertiary/aromatic N) is 2. The van der Waals surface area contributed by atoms with Gasteiger partial charge in [-0.25, -0.2) is 9.97 Å². The van der Waals surface area contributed by atoms with Gasteiger partial charge in [-0.15, -0.1) is 0 Å². The van der Waals surface area contributed by atoms with Gasteiger partial charge in [0.15, 0.2) is 0 Å². The molecule has 1 aromatic rings. The Balaban J connectivity index is 2.22. The molecule has 0 amide bonds. The fourth-order valence-electron chi connectivity index (χ4n) is 2.34. The molecule has 1 aliphatic carbocycles. The zero-order valence-electron chi connectivity index (χ0n) is 10.9. The normalized spacial score (nSPS) is 21.1. The summed E-state index contributed by atoms with van der Waals surface area (Å²) >= 11 is 3.52. The second-order valence-corrected chi connectivity index (χ2v) is 6.45. The molecule has 1 aromatic heterocycles. The minimum Gasteiger partial charge on any atom is -0.372 e. The molecule has 1 heterocycles. The van der Waals surface area contributed by atoms with E-state index in [-0.39, 0.29) is 10.8 Å². The Morgan fingerprint density at radius 2 is 1.65 bits per heavy atom. The first-order chi connectivity index (χ1) is 7.82. The van der Waals surface area contributed by atoms with E-state index in [1.165, 1.54) is 0 Å². The Bertz CT molecular complexity index is 428. The summed E-state index contributed by atoms with van der Waals surface area (Å²) in [5.74, 6) is 1.66. The van der Waals surface area contributed by atoms with E-state index in [1.54, 1.807) is 6.33 Å². The van der Waals surface area contributed by atoms with Gasteiger partial charge in [0.1, 0.15) is 22.4 Å². The fourth-order valence-corrected chi connectivity index (χ4v) is 2.86. The molecule has 17 heavy (non-hydrogen) atoms. The van der Waals surface area contributed by atoms with Crippen LogP contribution in [0.2, 0.25) is 0 Å². The third-order valence-electron chi connectivity index (χ3n) is 4.33. The van der Waals surface area contributed by atoms with E-state index in [0.717, 1.165) is 16.1 Å². The number of nitrogens with one attached hydrogen (secondary N) is 2. The molecule has 0 aliphatic heterocycles. The summed E-state index contributed by atoms with van der Waals surface area (Å²) in [4.78, 5) is 8.44. The zero-order valence-corrected chi connectivity index (χ0v) is 12.5. The number of aromatic nitrogens is 2. The third kappa shape index (κ3) is 1.80. The second-order valence-electron chi connectivity index (χ2n) is 5.66. The second kappa shape index (κ2) is 3.83. The lowest BCUT2D eigenvalue weighted by Crippen LogP contribution is -2.12. The zero-order chi connectivity index (χ0) is 12.8. The first kappa shape index (κ1) is 12.6. The molecule has 94 valence electrons. The lowest BCUT2D eigenvalue weighted by atomic mass is 10.0. The smallest absolute Gasteiger partial charge is 0.146 e. The lowest BCUT2D eigenvalue weighted by Gasteiger charge is -2.11. The monoisotopic (exact) mass is 298 g/mol. The summed E-state index contributed by atoms with van der Waals surface area (Å²) in [7, 11) is 1.85. The van der Waals surface area contributed by atoms with Crippen LogP contribution in [0, 0.1) is 10.8 Å². The van der Waals surface area contributed by atoms with Crippen molar-refractivity contribution in [3.63, 3.8) is 0 Å². The Morgan fingerprint density at radius 3 is 2.12 bits per heavy atom. The largest absolute Gasteiger partial charge is 0.372 e. The van der Waals surface area contributed by atoms with Crippen LogP contribution in [-0.4, -0.2) is 23.1 Å². The van der Waals surface area contributed by atoms with Crippen molar-refractivity contribution >= 4 is 27.6 Å². The van der Waals surface area contributed by atoms with Gasteiger partial charge in [-0.3, -0.25) is 0 Å². The van der Waals surface area contributed by atoms with E-state index in [4.69, 9.17) is 0 Å².